The normalized spacial score (nSPS) is 16.2. The fourth-order valence-electron chi connectivity index (χ4n) is 5.30. The van der Waals surface area contributed by atoms with Crippen LogP contribution in [0.3, 0.4) is 0 Å². The lowest BCUT2D eigenvalue weighted by Gasteiger charge is -2.33. The van der Waals surface area contributed by atoms with E-state index in [9.17, 15) is 0 Å². The number of piperidine rings is 1. The second-order valence-corrected chi connectivity index (χ2v) is 10.7. The van der Waals surface area contributed by atoms with Gasteiger partial charge in [0.1, 0.15) is 11.5 Å². The molecule has 5 nitrogen and oxygen atoms in total. The minimum atomic E-state index is 0.199. The number of ether oxygens (including phenoxy) is 1. The lowest BCUT2D eigenvalue weighted by molar-refractivity contribution is 0.0246. The second kappa shape index (κ2) is 11.1. The quantitative estimate of drug-likeness (QED) is 0.246. The van der Waals surface area contributed by atoms with Crippen LogP contribution in [0.15, 0.2) is 47.1 Å². The maximum Gasteiger partial charge on any atom is 0.145 e. The Kier molecular flexibility index (Phi) is 7.85. The average molecular weight is 541 g/mol. The second-order valence-electron chi connectivity index (χ2n) is 9.87. The van der Waals surface area contributed by atoms with Gasteiger partial charge in [-0.2, -0.15) is 0 Å². The van der Waals surface area contributed by atoms with Crippen LogP contribution < -0.4 is 4.90 Å². The molecule has 6 rings (SSSR count). The first-order chi connectivity index (χ1) is 18.0. The van der Waals surface area contributed by atoms with E-state index in [4.69, 9.17) is 32.5 Å². The Morgan fingerprint density at radius 3 is 2.41 bits per heavy atom. The highest BCUT2D eigenvalue weighted by molar-refractivity contribution is 6.39. The molecule has 7 heteroatoms. The lowest BCUT2D eigenvalue weighted by atomic mass is 10.0. The molecule has 4 aromatic rings. The minimum Gasteiger partial charge on any atom is -0.373 e. The molecule has 37 heavy (non-hydrogen) atoms. The molecule has 0 atom stereocenters. The molecule has 0 unspecified atom stereocenters. The molecule has 1 saturated carbocycles. The first-order valence-electron chi connectivity index (χ1n) is 13.3. The van der Waals surface area contributed by atoms with Crippen molar-refractivity contribution in [2.24, 2.45) is 7.05 Å². The molecule has 1 saturated heterocycles. The van der Waals surface area contributed by atoms with Crippen molar-refractivity contribution in [3.05, 3.63) is 69.5 Å². The summed E-state index contributed by atoms with van der Waals surface area (Å²) in [6.45, 7) is 8.59. The van der Waals surface area contributed by atoms with Gasteiger partial charge >= 0.3 is 0 Å². The minimum absolute atomic E-state index is 0.199. The third kappa shape index (κ3) is 5.27. The van der Waals surface area contributed by atoms with E-state index in [0.29, 0.717) is 28.3 Å². The molecule has 196 valence electrons. The number of nitrogens with zero attached hydrogens (tertiary/aromatic N) is 3. The molecule has 0 radical (unpaired) electrons. The van der Waals surface area contributed by atoms with Crippen molar-refractivity contribution in [1.82, 2.24) is 9.72 Å². The zero-order chi connectivity index (χ0) is 26.1. The van der Waals surface area contributed by atoms with E-state index in [1.54, 1.807) is 0 Å². The van der Waals surface area contributed by atoms with E-state index >= 15 is 0 Å². The predicted molar refractivity (Wildman–Crippen MR) is 153 cm³/mol. The molecule has 3 heterocycles. The van der Waals surface area contributed by atoms with Gasteiger partial charge in [-0.05, 0) is 68.5 Å². The van der Waals surface area contributed by atoms with Crippen molar-refractivity contribution in [3.63, 3.8) is 0 Å². The summed E-state index contributed by atoms with van der Waals surface area (Å²) in [6.07, 6.45) is 6.61. The van der Waals surface area contributed by atoms with Gasteiger partial charge in [0, 0.05) is 60.0 Å². The Bertz CT molecular complexity index is 1360. The summed E-state index contributed by atoms with van der Waals surface area (Å²) >= 11 is 13.0. The van der Waals surface area contributed by atoms with Gasteiger partial charge in [0.05, 0.1) is 22.8 Å². The molecular formula is C30H35Cl2N3O2. The molecule has 0 spiro atoms. The molecule has 0 bridgehead atoms. The van der Waals surface area contributed by atoms with Gasteiger partial charge in [0.2, 0.25) is 0 Å². The number of benzene rings is 2. The van der Waals surface area contributed by atoms with E-state index in [1.165, 1.54) is 22.2 Å². The number of aromatic nitrogens is 2. The average Bonchev–Trinajstić information content (AvgIpc) is 3.61. The van der Waals surface area contributed by atoms with Crippen LogP contribution in [0.25, 0.3) is 22.2 Å². The smallest absolute Gasteiger partial charge is 0.145 e. The van der Waals surface area contributed by atoms with E-state index in [2.05, 4.69) is 53.0 Å². The van der Waals surface area contributed by atoms with Crippen LogP contribution in [0.4, 0.5) is 5.69 Å². The number of rotatable bonds is 6. The van der Waals surface area contributed by atoms with Crippen molar-refractivity contribution < 1.29 is 9.26 Å². The summed E-state index contributed by atoms with van der Waals surface area (Å²) in [5, 5.41) is 6.87. The molecular weight excluding hydrogens is 505 g/mol. The van der Waals surface area contributed by atoms with Crippen LogP contribution in [0, 0.1) is 6.92 Å². The zero-order valence-corrected chi connectivity index (χ0v) is 23.6. The number of anilines is 1. The first kappa shape index (κ1) is 26.1. The highest BCUT2D eigenvalue weighted by Gasteiger charge is 2.34. The molecule has 2 fully saturated rings. The van der Waals surface area contributed by atoms with E-state index in [0.717, 1.165) is 55.7 Å². The van der Waals surface area contributed by atoms with E-state index in [-0.39, 0.29) is 6.10 Å². The topological polar surface area (TPSA) is 43.4 Å². The van der Waals surface area contributed by atoms with E-state index in [1.807, 2.05) is 32.0 Å². The molecule has 2 aliphatic rings. The van der Waals surface area contributed by atoms with Crippen LogP contribution in [-0.2, 0) is 18.4 Å². The number of halogens is 2. The summed E-state index contributed by atoms with van der Waals surface area (Å²) in [4.78, 5) is 2.47. The van der Waals surface area contributed by atoms with Gasteiger partial charge in [-0.1, -0.05) is 48.3 Å². The van der Waals surface area contributed by atoms with Gasteiger partial charge < -0.3 is 18.7 Å². The van der Waals surface area contributed by atoms with Crippen LogP contribution >= 0.6 is 23.2 Å². The van der Waals surface area contributed by atoms with Gasteiger partial charge in [-0.25, -0.2) is 0 Å². The summed E-state index contributed by atoms with van der Waals surface area (Å²) < 4.78 is 14.4. The fourth-order valence-corrected chi connectivity index (χ4v) is 5.88. The molecule has 0 N–H and O–H groups in total. The Hall–Kier alpha value is -2.47. The molecule has 1 aliphatic heterocycles. The summed E-state index contributed by atoms with van der Waals surface area (Å²) in [6, 6.07) is 12.3. The Labute approximate surface area is 229 Å². The molecule has 2 aromatic heterocycles. The summed E-state index contributed by atoms with van der Waals surface area (Å²) in [7, 11) is 2.10. The van der Waals surface area contributed by atoms with Crippen molar-refractivity contribution >= 4 is 39.8 Å². The predicted octanol–water partition coefficient (Wildman–Crippen LogP) is 8.54. The first-order valence-corrected chi connectivity index (χ1v) is 14.1. The maximum atomic E-state index is 6.50. The van der Waals surface area contributed by atoms with Crippen molar-refractivity contribution in [1.29, 1.82) is 0 Å². The summed E-state index contributed by atoms with van der Waals surface area (Å²) in [5.74, 6) is 1.36. The lowest BCUT2D eigenvalue weighted by Crippen LogP contribution is -2.37. The molecule has 0 amide bonds. The monoisotopic (exact) mass is 539 g/mol. The van der Waals surface area contributed by atoms with Crippen LogP contribution in [0.5, 0.6) is 0 Å². The highest BCUT2D eigenvalue weighted by atomic mass is 35.5. The third-order valence-corrected chi connectivity index (χ3v) is 8.04. The molecule has 2 aromatic carbocycles. The van der Waals surface area contributed by atoms with Crippen molar-refractivity contribution in [2.45, 2.75) is 65.1 Å². The molecule has 1 aliphatic carbocycles. The number of aryl methyl sites for hydroxylation is 2. The maximum absolute atomic E-state index is 6.50. The largest absolute Gasteiger partial charge is 0.373 e. The zero-order valence-electron chi connectivity index (χ0n) is 22.1. The van der Waals surface area contributed by atoms with Crippen LogP contribution in [-0.4, -0.2) is 28.9 Å². The third-order valence-electron chi connectivity index (χ3n) is 7.41. The Balaban J connectivity index is 0.00000137. The number of fused-ring (bicyclic) bond motifs is 1. The van der Waals surface area contributed by atoms with E-state index < -0.39 is 0 Å². The standard InChI is InChI=1S/C28H29Cl2N3O2.C2H6/c1-17-15-32(2)25-9-8-19(14-21(17)25)33-12-10-20(11-13-33)34-16-22-27(31-35-28(22)18-6-7-18)26-23(29)4-3-5-24(26)30;1-2/h3-5,8-9,14-15,18,20H,6-7,10-13,16H2,1-2H3;1-2H3. The number of hydrogen-bond donors (Lipinski definition) is 0. The number of hydrogen-bond acceptors (Lipinski definition) is 4. The highest BCUT2D eigenvalue weighted by Crippen LogP contribution is 2.46. The van der Waals surface area contributed by atoms with Crippen LogP contribution in [0.2, 0.25) is 10.0 Å². The summed E-state index contributed by atoms with van der Waals surface area (Å²) in [5.41, 5.74) is 6.32. The SMILES string of the molecule is CC.Cc1cn(C)c2ccc(N3CCC(OCc4c(-c5c(Cl)cccc5Cl)noc4C4CC4)CC3)cc12. The fraction of sp³-hybridized carbons (Fsp3) is 0.433. The van der Waals surface area contributed by atoms with Crippen LogP contribution in [0.1, 0.15) is 62.3 Å². The Morgan fingerprint density at radius 1 is 1.03 bits per heavy atom. The van der Waals surface area contributed by atoms with Crippen molar-refractivity contribution in [3.8, 4) is 11.3 Å². The van der Waals surface area contributed by atoms with Gasteiger partial charge in [-0.15, -0.1) is 0 Å². The van der Waals surface area contributed by atoms with Crippen molar-refractivity contribution in [2.75, 3.05) is 18.0 Å². The van der Waals surface area contributed by atoms with Gasteiger partial charge in [0.15, 0.2) is 0 Å². The van der Waals surface area contributed by atoms with Gasteiger partial charge in [0.25, 0.3) is 0 Å². The Morgan fingerprint density at radius 2 is 1.73 bits per heavy atom. The van der Waals surface area contributed by atoms with Gasteiger partial charge in [-0.3, -0.25) is 0 Å².